The van der Waals surface area contributed by atoms with Crippen molar-refractivity contribution in [2.75, 3.05) is 0 Å². The second-order valence-corrected chi connectivity index (χ2v) is 4.73. The van der Waals surface area contributed by atoms with E-state index in [1.165, 1.54) is 25.7 Å². The van der Waals surface area contributed by atoms with Crippen LogP contribution >= 0.6 is 0 Å². The van der Waals surface area contributed by atoms with Gasteiger partial charge < -0.3 is 0 Å². The molecule has 2 rings (SSSR count). The van der Waals surface area contributed by atoms with Gasteiger partial charge in [0.1, 0.15) is 0 Å². The monoisotopic (exact) mass is 188 g/mol. The molecule has 0 aliphatic heterocycles. The standard InChI is InChI=1S/C14H20/c1-3-4-10-14(11-12(14)2)13-8-6-5-7-9-13/h5-9,12H,3-4,10-11H2,1-2H3/t12-,14+/m1/s1. The summed E-state index contributed by atoms with van der Waals surface area (Å²) in [5, 5.41) is 0. The first kappa shape index (κ1) is 9.76. The van der Waals surface area contributed by atoms with Crippen molar-refractivity contribution in [3.05, 3.63) is 35.9 Å². The van der Waals surface area contributed by atoms with Gasteiger partial charge in [-0.15, -0.1) is 0 Å². The van der Waals surface area contributed by atoms with Crippen LogP contribution in [0.4, 0.5) is 0 Å². The van der Waals surface area contributed by atoms with Crippen LogP contribution in [0, 0.1) is 5.92 Å². The van der Waals surface area contributed by atoms with Gasteiger partial charge in [0.15, 0.2) is 0 Å². The summed E-state index contributed by atoms with van der Waals surface area (Å²) in [7, 11) is 0. The third-order valence-electron chi connectivity index (χ3n) is 3.78. The predicted molar refractivity (Wildman–Crippen MR) is 61.4 cm³/mol. The van der Waals surface area contributed by atoms with Gasteiger partial charge in [-0.2, -0.15) is 0 Å². The van der Waals surface area contributed by atoms with E-state index >= 15 is 0 Å². The molecule has 0 unspecified atom stereocenters. The molecule has 0 heterocycles. The molecule has 1 aliphatic rings. The number of benzene rings is 1. The third-order valence-corrected chi connectivity index (χ3v) is 3.78. The van der Waals surface area contributed by atoms with Crippen molar-refractivity contribution < 1.29 is 0 Å². The fraction of sp³-hybridized carbons (Fsp3) is 0.571. The van der Waals surface area contributed by atoms with Gasteiger partial charge in [0, 0.05) is 0 Å². The maximum atomic E-state index is 2.39. The minimum Gasteiger partial charge on any atom is -0.0654 e. The van der Waals surface area contributed by atoms with Crippen LogP contribution in [-0.2, 0) is 5.41 Å². The number of rotatable bonds is 4. The molecular weight excluding hydrogens is 168 g/mol. The second kappa shape index (κ2) is 3.76. The summed E-state index contributed by atoms with van der Waals surface area (Å²) in [6.07, 6.45) is 5.48. The Hall–Kier alpha value is -0.780. The zero-order chi connectivity index (χ0) is 10.0. The van der Waals surface area contributed by atoms with Crippen molar-refractivity contribution in [1.29, 1.82) is 0 Å². The quantitative estimate of drug-likeness (QED) is 0.665. The highest BCUT2D eigenvalue weighted by atomic mass is 14.5. The van der Waals surface area contributed by atoms with Crippen molar-refractivity contribution in [3.63, 3.8) is 0 Å². The van der Waals surface area contributed by atoms with Gasteiger partial charge in [-0.05, 0) is 29.7 Å². The molecule has 0 amide bonds. The van der Waals surface area contributed by atoms with E-state index in [1.807, 2.05) is 0 Å². The summed E-state index contributed by atoms with van der Waals surface area (Å²) in [6, 6.07) is 11.1. The lowest BCUT2D eigenvalue weighted by atomic mass is 9.88. The molecule has 0 N–H and O–H groups in total. The van der Waals surface area contributed by atoms with E-state index in [1.54, 1.807) is 5.56 Å². The Morgan fingerprint density at radius 2 is 1.93 bits per heavy atom. The molecule has 0 radical (unpaired) electrons. The van der Waals surface area contributed by atoms with Crippen LogP contribution in [0.25, 0.3) is 0 Å². The summed E-state index contributed by atoms with van der Waals surface area (Å²) in [6.45, 7) is 4.68. The molecule has 1 aromatic carbocycles. The summed E-state index contributed by atoms with van der Waals surface area (Å²) < 4.78 is 0. The van der Waals surface area contributed by atoms with Crippen LogP contribution in [0.2, 0.25) is 0 Å². The smallest absolute Gasteiger partial charge is 0.00182 e. The molecule has 0 nitrogen and oxygen atoms in total. The average molecular weight is 188 g/mol. The van der Waals surface area contributed by atoms with Crippen molar-refractivity contribution in [2.24, 2.45) is 5.92 Å². The zero-order valence-corrected chi connectivity index (χ0v) is 9.29. The number of hydrogen-bond donors (Lipinski definition) is 0. The number of hydrogen-bond acceptors (Lipinski definition) is 0. The van der Waals surface area contributed by atoms with Gasteiger partial charge in [0.25, 0.3) is 0 Å². The molecular formula is C14H20. The van der Waals surface area contributed by atoms with E-state index < -0.39 is 0 Å². The molecule has 0 bridgehead atoms. The highest BCUT2D eigenvalue weighted by molar-refractivity contribution is 5.32. The molecule has 1 aliphatic carbocycles. The molecule has 0 heteroatoms. The molecule has 1 saturated carbocycles. The fourth-order valence-corrected chi connectivity index (χ4v) is 2.64. The zero-order valence-electron chi connectivity index (χ0n) is 9.29. The Bertz CT molecular complexity index is 288. The summed E-state index contributed by atoms with van der Waals surface area (Å²) in [5.74, 6) is 0.899. The lowest BCUT2D eigenvalue weighted by Gasteiger charge is -2.16. The largest absolute Gasteiger partial charge is 0.0654 e. The maximum Gasteiger partial charge on any atom is -0.00182 e. The minimum atomic E-state index is 0.553. The van der Waals surface area contributed by atoms with Crippen LogP contribution in [0.15, 0.2) is 30.3 Å². The molecule has 1 fully saturated rings. The van der Waals surface area contributed by atoms with Crippen molar-refractivity contribution >= 4 is 0 Å². The van der Waals surface area contributed by atoms with Gasteiger partial charge in [-0.1, -0.05) is 57.0 Å². The molecule has 0 saturated heterocycles. The summed E-state index contributed by atoms with van der Waals surface area (Å²) in [5.41, 5.74) is 2.12. The molecule has 0 aromatic heterocycles. The molecule has 14 heavy (non-hydrogen) atoms. The average Bonchev–Trinajstić information content (AvgIpc) is 2.89. The Balaban J connectivity index is 2.14. The first-order chi connectivity index (χ1) is 6.79. The van der Waals surface area contributed by atoms with Gasteiger partial charge >= 0.3 is 0 Å². The second-order valence-electron chi connectivity index (χ2n) is 4.73. The van der Waals surface area contributed by atoms with Gasteiger partial charge in [-0.3, -0.25) is 0 Å². The molecule has 1 aromatic rings. The Morgan fingerprint density at radius 1 is 1.29 bits per heavy atom. The SMILES string of the molecule is CCCC[C@]1(c2ccccc2)C[C@H]1C. The van der Waals surface area contributed by atoms with Crippen LogP contribution < -0.4 is 0 Å². The van der Waals surface area contributed by atoms with E-state index in [9.17, 15) is 0 Å². The van der Waals surface area contributed by atoms with Crippen molar-refractivity contribution in [3.8, 4) is 0 Å². The highest BCUT2D eigenvalue weighted by Gasteiger charge is 2.50. The molecule has 0 spiro atoms. The summed E-state index contributed by atoms with van der Waals surface area (Å²) in [4.78, 5) is 0. The predicted octanol–water partition coefficient (Wildman–Crippen LogP) is 4.15. The Morgan fingerprint density at radius 3 is 2.43 bits per heavy atom. The van der Waals surface area contributed by atoms with E-state index in [2.05, 4.69) is 44.2 Å². The van der Waals surface area contributed by atoms with Crippen LogP contribution in [0.3, 0.4) is 0 Å². The van der Waals surface area contributed by atoms with Crippen LogP contribution in [0.1, 0.15) is 45.1 Å². The van der Waals surface area contributed by atoms with E-state index in [-0.39, 0.29) is 0 Å². The minimum absolute atomic E-state index is 0.553. The van der Waals surface area contributed by atoms with Crippen LogP contribution in [-0.4, -0.2) is 0 Å². The lowest BCUT2D eigenvalue weighted by Crippen LogP contribution is -2.08. The van der Waals surface area contributed by atoms with Gasteiger partial charge in [-0.25, -0.2) is 0 Å². The van der Waals surface area contributed by atoms with Gasteiger partial charge in [0.2, 0.25) is 0 Å². The van der Waals surface area contributed by atoms with E-state index in [0.29, 0.717) is 5.41 Å². The third kappa shape index (κ3) is 1.58. The van der Waals surface area contributed by atoms with Gasteiger partial charge in [0.05, 0.1) is 0 Å². The summed E-state index contributed by atoms with van der Waals surface area (Å²) >= 11 is 0. The topological polar surface area (TPSA) is 0 Å². The number of unbranched alkanes of at least 4 members (excludes halogenated alkanes) is 1. The van der Waals surface area contributed by atoms with Crippen molar-refractivity contribution in [2.45, 2.75) is 44.9 Å². The maximum absolute atomic E-state index is 2.39. The Labute approximate surface area is 87.3 Å². The first-order valence-corrected chi connectivity index (χ1v) is 5.85. The normalized spacial score (nSPS) is 30.3. The Kier molecular flexibility index (Phi) is 2.62. The van der Waals surface area contributed by atoms with Crippen LogP contribution in [0.5, 0.6) is 0 Å². The lowest BCUT2D eigenvalue weighted by molar-refractivity contribution is 0.539. The first-order valence-electron chi connectivity index (χ1n) is 5.85. The molecule has 2 atom stereocenters. The highest BCUT2D eigenvalue weighted by Crippen LogP contribution is 2.57. The van der Waals surface area contributed by atoms with E-state index in [0.717, 1.165) is 5.92 Å². The van der Waals surface area contributed by atoms with Crippen molar-refractivity contribution in [1.82, 2.24) is 0 Å². The van der Waals surface area contributed by atoms with E-state index in [4.69, 9.17) is 0 Å². The molecule has 76 valence electrons. The fourth-order valence-electron chi connectivity index (χ4n) is 2.64.